The molecule has 0 aliphatic heterocycles. The lowest BCUT2D eigenvalue weighted by Gasteiger charge is -2.09. The number of thioether (sulfide) groups is 1. The lowest BCUT2D eigenvalue weighted by molar-refractivity contribution is 0.875. The van der Waals surface area contributed by atoms with Crippen LogP contribution in [0.3, 0.4) is 0 Å². The van der Waals surface area contributed by atoms with Crippen molar-refractivity contribution in [2.75, 3.05) is 17.3 Å². The van der Waals surface area contributed by atoms with E-state index in [9.17, 15) is 0 Å². The topological polar surface area (TPSA) is 42.2 Å². The van der Waals surface area contributed by atoms with Gasteiger partial charge in [0.15, 0.2) is 5.65 Å². The molecule has 2 aromatic heterocycles. The molecule has 1 unspecified atom stereocenters. The molecule has 6 heteroatoms. The molecule has 0 spiro atoms. The van der Waals surface area contributed by atoms with Gasteiger partial charge in [-0.3, -0.25) is 0 Å². The number of pyridine rings is 1. The van der Waals surface area contributed by atoms with Crippen LogP contribution in [0.1, 0.15) is 6.92 Å². The smallest absolute Gasteiger partial charge is 0.243 e. The van der Waals surface area contributed by atoms with Gasteiger partial charge in [-0.2, -0.15) is 16.7 Å². The summed E-state index contributed by atoms with van der Waals surface area (Å²) in [6, 6.07) is 4.26. The predicted molar refractivity (Wildman–Crippen MR) is 72.2 cm³/mol. The van der Waals surface area contributed by atoms with Crippen LogP contribution in [-0.4, -0.2) is 32.6 Å². The van der Waals surface area contributed by atoms with E-state index in [2.05, 4.69) is 44.5 Å². The molecule has 0 bridgehead atoms. The standard InChI is InChI=1S/C10H13BrN4S/c1-7(6-16-2)12-10-13-9-8(11)4-3-5-15(9)14-10/h3-5,7H,6H2,1-2H3,(H,12,14). The molecule has 0 amide bonds. The average molecular weight is 301 g/mol. The third-order valence-electron chi connectivity index (χ3n) is 2.11. The summed E-state index contributed by atoms with van der Waals surface area (Å²) in [6.07, 6.45) is 3.98. The second-order valence-corrected chi connectivity index (χ2v) is 5.33. The number of rotatable bonds is 4. The summed E-state index contributed by atoms with van der Waals surface area (Å²) in [4.78, 5) is 4.42. The summed E-state index contributed by atoms with van der Waals surface area (Å²) >= 11 is 5.26. The number of aromatic nitrogens is 3. The molecule has 1 atom stereocenters. The Labute approximate surface area is 107 Å². The van der Waals surface area contributed by atoms with Gasteiger partial charge in [-0.25, -0.2) is 4.52 Å². The molecule has 0 fully saturated rings. The van der Waals surface area contributed by atoms with E-state index < -0.39 is 0 Å². The van der Waals surface area contributed by atoms with Crippen molar-refractivity contribution >= 4 is 39.3 Å². The van der Waals surface area contributed by atoms with Gasteiger partial charge in [0.2, 0.25) is 5.95 Å². The van der Waals surface area contributed by atoms with Crippen molar-refractivity contribution in [2.24, 2.45) is 0 Å². The second kappa shape index (κ2) is 5.05. The number of hydrogen-bond donors (Lipinski definition) is 1. The lowest BCUT2D eigenvalue weighted by Crippen LogP contribution is -2.18. The Morgan fingerprint density at radius 1 is 1.62 bits per heavy atom. The fourth-order valence-electron chi connectivity index (χ4n) is 1.45. The Bertz CT molecular complexity index is 485. The zero-order valence-corrected chi connectivity index (χ0v) is 11.5. The molecule has 2 rings (SSSR count). The highest BCUT2D eigenvalue weighted by Crippen LogP contribution is 2.17. The van der Waals surface area contributed by atoms with Crippen molar-refractivity contribution in [1.82, 2.24) is 14.6 Å². The molecule has 0 radical (unpaired) electrons. The first-order chi connectivity index (χ1) is 7.70. The SMILES string of the molecule is CSCC(C)Nc1nc2c(Br)cccn2n1. The number of nitrogens with zero attached hydrogens (tertiary/aromatic N) is 3. The highest BCUT2D eigenvalue weighted by molar-refractivity contribution is 9.10. The first-order valence-electron chi connectivity index (χ1n) is 4.97. The number of hydrogen-bond acceptors (Lipinski definition) is 4. The molecular formula is C10H13BrN4S. The average Bonchev–Trinajstić information content (AvgIpc) is 2.62. The fraction of sp³-hybridized carbons (Fsp3) is 0.400. The van der Waals surface area contributed by atoms with Gasteiger partial charge in [-0.15, -0.1) is 5.10 Å². The molecule has 0 aromatic carbocycles. The minimum atomic E-state index is 0.367. The molecule has 1 N–H and O–H groups in total. The van der Waals surface area contributed by atoms with E-state index >= 15 is 0 Å². The van der Waals surface area contributed by atoms with Crippen LogP contribution in [0.25, 0.3) is 5.65 Å². The quantitative estimate of drug-likeness (QED) is 0.943. The summed E-state index contributed by atoms with van der Waals surface area (Å²) in [5.74, 6) is 1.71. The highest BCUT2D eigenvalue weighted by Gasteiger charge is 2.08. The normalized spacial score (nSPS) is 12.9. The van der Waals surface area contributed by atoms with Crippen molar-refractivity contribution in [3.8, 4) is 0 Å². The van der Waals surface area contributed by atoms with E-state index in [1.807, 2.05) is 18.3 Å². The number of anilines is 1. The monoisotopic (exact) mass is 300 g/mol. The molecule has 0 aliphatic rings. The number of halogens is 1. The van der Waals surface area contributed by atoms with Gasteiger partial charge in [0.05, 0.1) is 4.47 Å². The van der Waals surface area contributed by atoms with E-state index in [1.165, 1.54) is 0 Å². The van der Waals surface area contributed by atoms with Gasteiger partial charge in [-0.05, 0) is 41.2 Å². The van der Waals surface area contributed by atoms with Crippen molar-refractivity contribution in [1.29, 1.82) is 0 Å². The first kappa shape index (κ1) is 11.7. The predicted octanol–water partition coefficient (Wildman–Crippen LogP) is 2.66. The molecule has 16 heavy (non-hydrogen) atoms. The van der Waals surface area contributed by atoms with E-state index in [4.69, 9.17) is 0 Å². The zero-order valence-electron chi connectivity index (χ0n) is 9.14. The van der Waals surface area contributed by atoms with Gasteiger partial charge in [0.25, 0.3) is 0 Å². The Morgan fingerprint density at radius 3 is 3.12 bits per heavy atom. The van der Waals surface area contributed by atoms with E-state index in [0.29, 0.717) is 12.0 Å². The van der Waals surface area contributed by atoms with Crippen molar-refractivity contribution in [3.05, 3.63) is 22.8 Å². The molecule has 0 aliphatic carbocycles. The van der Waals surface area contributed by atoms with Crippen LogP contribution in [0, 0.1) is 0 Å². The van der Waals surface area contributed by atoms with Crippen LogP contribution in [0.15, 0.2) is 22.8 Å². The fourth-order valence-corrected chi connectivity index (χ4v) is 2.45. The minimum Gasteiger partial charge on any atom is -0.350 e. The summed E-state index contributed by atoms with van der Waals surface area (Å²) in [7, 11) is 0. The summed E-state index contributed by atoms with van der Waals surface area (Å²) in [6.45, 7) is 2.12. The van der Waals surface area contributed by atoms with E-state index in [0.717, 1.165) is 15.9 Å². The lowest BCUT2D eigenvalue weighted by atomic mass is 10.4. The maximum absolute atomic E-state index is 4.42. The highest BCUT2D eigenvalue weighted by atomic mass is 79.9. The van der Waals surface area contributed by atoms with Crippen LogP contribution in [-0.2, 0) is 0 Å². The van der Waals surface area contributed by atoms with E-state index in [1.54, 1.807) is 16.3 Å². The molecule has 2 aromatic rings. The van der Waals surface area contributed by atoms with Crippen LogP contribution in [0.5, 0.6) is 0 Å². The summed E-state index contributed by atoms with van der Waals surface area (Å²) in [5, 5.41) is 7.63. The van der Waals surface area contributed by atoms with Crippen LogP contribution < -0.4 is 5.32 Å². The van der Waals surface area contributed by atoms with Crippen LogP contribution in [0.4, 0.5) is 5.95 Å². The molecular weight excluding hydrogens is 288 g/mol. The molecule has 2 heterocycles. The van der Waals surface area contributed by atoms with Gasteiger partial charge < -0.3 is 5.32 Å². The maximum Gasteiger partial charge on any atom is 0.243 e. The third-order valence-corrected chi connectivity index (χ3v) is 3.56. The zero-order chi connectivity index (χ0) is 11.5. The maximum atomic E-state index is 4.42. The van der Waals surface area contributed by atoms with Crippen LogP contribution in [0.2, 0.25) is 0 Å². The van der Waals surface area contributed by atoms with Crippen molar-refractivity contribution < 1.29 is 0 Å². The van der Waals surface area contributed by atoms with E-state index in [-0.39, 0.29) is 0 Å². The Balaban J connectivity index is 2.23. The number of fused-ring (bicyclic) bond motifs is 1. The second-order valence-electron chi connectivity index (χ2n) is 3.56. The molecule has 0 saturated carbocycles. The Morgan fingerprint density at radius 2 is 2.44 bits per heavy atom. The molecule has 4 nitrogen and oxygen atoms in total. The molecule has 0 saturated heterocycles. The largest absolute Gasteiger partial charge is 0.350 e. The van der Waals surface area contributed by atoms with Gasteiger partial charge in [0.1, 0.15) is 0 Å². The summed E-state index contributed by atoms with van der Waals surface area (Å²) < 4.78 is 2.71. The Kier molecular flexibility index (Phi) is 3.70. The van der Waals surface area contributed by atoms with Crippen LogP contribution >= 0.6 is 27.7 Å². The van der Waals surface area contributed by atoms with Gasteiger partial charge in [0, 0.05) is 18.0 Å². The summed E-state index contributed by atoms with van der Waals surface area (Å²) in [5.41, 5.74) is 0.835. The van der Waals surface area contributed by atoms with Crippen molar-refractivity contribution in [2.45, 2.75) is 13.0 Å². The van der Waals surface area contributed by atoms with Gasteiger partial charge >= 0.3 is 0 Å². The first-order valence-corrected chi connectivity index (χ1v) is 7.15. The third kappa shape index (κ3) is 2.49. The van der Waals surface area contributed by atoms with Gasteiger partial charge in [-0.1, -0.05) is 0 Å². The molecule has 86 valence electrons. The minimum absolute atomic E-state index is 0.367. The number of nitrogens with one attached hydrogen (secondary N) is 1. The Hall–Kier alpha value is -0.750. The van der Waals surface area contributed by atoms with Crippen molar-refractivity contribution in [3.63, 3.8) is 0 Å².